The van der Waals surface area contributed by atoms with Crippen LogP contribution in [0.25, 0.3) is 54.6 Å². The molecule has 0 aliphatic heterocycles. The average molecular weight is 566 g/mol. The molecule has 0 aliphatic rings. The first-order chi connectivity index (χ1) is 21.8. The van der Waals surface area contributed by atoms with Gasteiger partial charge in [0.05, 0.1) is 5.69 Å². The average Bonchev–Trinajstić information content (AvgIpc) is 3.46. The Labute approximate surface area is 257 Å². The molecule has 2 nitrogen and oxygen atoms in total. The lowest BCUT2D eigenvalue weighted by Crippen LogP contribution is -2.10. The van der Waals surface area contributed by atoms with E-state index in [1.54, 1.807) is 0 Å². The van der Waals surface area contributed by atoms with Gasteiger partial charge in [0, 0.05) is 27.5 Å². The molecule has 0 radical (unpaired) electrons. The van der Waals surface area contributed by atoms with Crippen LogP contribution >= 0.6 is 0 Å². The van der Waals surface area contributed by atoms with Crippen LogP contribution in [0.2, 0.25) is 0 Å². The summed E-state index contributed by atoms with van der Waals surface area (Å²) in [6, 6.07) is 52.1. The van der Waals surface area contributed by atoms with E-state index >= 15 is 0 Å². The summed E-state index contributed by atoms with van der Waals surface area (Å²) in [5.74, 6) is 0. The zero-order valence-electron chi connectivity index (χ0n) is 24.4. The van der Waals surface area contributed by atoms with E-state index in [9.17, 15) is 0 Å². The number of hydrogen-bond acceptors (Lipinski definition) is 2. The van der Waals surface area contributed by atoms with Gasteiger partial charge in [-0.25, -0.2) is 0 Å². The highest BCUT2D eigenvalue weighted by atomic mass is 16.3. The Balaban J connectivity index is 1.40. The molecular weight excluding hydrogens is 534 g/mol. The Morgan fingerprint density at radius 1 is 0.545 bits per heavy atom. The Morgan fingerprint density at radius 3 is 2.05 bits per heavy atom. The molecule has 0 fully saturated rings. The summed E-state index contributed by atoms with van der Waals surface area (Å²) in [6.45, 7) is 3.97. The van der Waals surface area contributed by atoms with Gasteiger partial charge in [-0.3, -0.25) is 0 Å². The van der Waals surface area contributed by atoms with Crippen molar-refractivity contribution in [2.24, 2.45) is 0 Å². The lowest BCUT2D eigenvalue weighted by atomic mass is 9.97. The number of benzene rings is 7. The van der Waals surface area contributed by atoms with E-state index in [0.717, 1.165) is 51.8 Å². The van der Waals surface area contributed by atoms with Gasteiger partial charge in [-0.15, -0.1) is 6.58 Å². The molecule has 0 atom stereocenters. The molecule has 0 spiro atoms. The lowest BCUT2D eigenvalue weighted by molar-refractivity contribution is 0.662. The number of aryl methyl sites for hydroxylation is 1. The Hall–Kier alpha value is -5.60. The second-order valence-corrected chi connectivity index (χ2v) is 11.3. The van der Waals surface area contributed by atoms with Gasteiger partial charge in [-0.2, -0.15) is 0 Å². The predicted molar refractivity (Wildman–Crippen MR) is 187 cm³/mol. The number of furan rings is 1. The molecule has 7 aromatic carbocycles. The van der Waals surface area contributed by atoms with Crippen LogP contribution in [0, 0.1) is 0 Å². The molecule has 210 valence electrons. The SMILES string of the molecule is C=CCCc1cc(-c2ccccc2)cc2c1oc1ccc(N(c3ccccc3)c3cc4ccccc4c4ccccc34)cc12. The highest BCUT2D eigenvalue weighted by molar-refractivity contribution is 6.15. The number of fused-ring (bicyclic) bond motifs is 6. The number of hydrogen-bond donors (Lipinski definition) is 0. The minimum absolute atomic E-state index is 0.882. The molecule has 0 amide bonds. The summed E-state index contributed by atoms with van der Waals surface area (Å²) in [5.41, 5.74) is 8.81. The summed E-state index contributed by atoms with van der Waals surface area (Å²) in [6.07, 6.45) is 3.76. The van der Waals surface area contributed by atoms with Gasteiger partial charge in [-0.1, -0.05) is 103 Å². The fourth-order valence-corrected chi connectivity index (χ4v) is 6.54. The van der Waals surface area contributed by atoms with Crippen LogP contribution < -0.4 is 4.90 Å². The summed E-state index contributed by atoms with van der Waals surface area (Å²) in [4.78, 5) is 2.38. The Bertz CT molecular complexity index is 2300. The van der Waals surface area contributed by atoms with E-state index in [1.807, 2.05) is 6.08 Å². The molecule has 0 N–H and O–H groups in total. The Kier molecular flexibility index (Phi) is 6.46. The third-order valence-corrected chi connectivity index (χ3v) is 8.62. The van der Waals surface area contributed by atoms with Crippen molar-refractivity contribution in [3.8, 4) is 11.1 Å². The molecule has 1 heterocycles. The van der Waals surface area contributed by atoms with E-state index in [0.29, 0.717) is 0 Å². The first-order valence-electron chi connectivity index (χ1n) is 15.2. The molecule has 44 heavy (non-hydrogen) atoms. The maximum Gasteiger partial charge on any atom is 0.138 e. The normalized spacial score (nSPS) is 11.5. The minimum Gasteiger partial charge on any atom is -0.456 e. The maximum atomic E-state index is 6.59. The third-order valence-electron chi connectivity index (χ3n) is 8.62. The fraction of sp³-hybridized carbons (Fsp3) is 0.0476. The molecule has 0 saturated heterocycles. The van der Waals surface area contributed by atoms with E-state index in [2.05, 4.69) is 157 Å². The van der Waals surface area contributed by atoms with Crippen LogP contribution in [-0.4, -0.2) is 0 Å². The smallest absolute Gasteiger partial charge is 0.138 e. The standard InChI is InChI=1S/C42H31NO/c1-2-3-14-31-25-32(29-15-6-4-7-16-29)26-39-38-28-34(23-24-41(38)44-42(31)39)43(33-18-8-5-9-19-33)40-27-30-17-10-11-20-35(30)36-21-12-13-22-37(36)40/h2,4-13,15-28H,1,3,14H2. The van der Waals surface area contributed by atoms with Crippen molar-refractivity contribution in [2.75, 3.05) is 4.90 Å². The van der Waals surface area contributed by atoms with Crippen molar-refractivity contribution >= 4 is 60.5 Å². The van der Waals surface area contributed by atoms with Crippen molar-refractivity contribution in [1.82, 2.24) is 0 Å². The van der Waals surface area contributed by atoms with Gasteiger partial charge in [0.15, 0.2) is 0 Å². The Morgan fingerprint density at radius 2 is 1.25 bits per heavy atom. The van der Waals surface area contributed by atoms with Gasteiger partial charge in [-0.05, 0) is 94.2 Å². The molecule has 0 saturated carbocycles. The molecule has 0 bridgehead atoms. The molecular formula is C42H31NO. The van der Waals surface area contributed by atoms with E-state index in [-0.39, 0.29) is 0 Å². The fourth-order valence-electron chi connectivity index (χ4n) is 6.54. The second-order valence-electron chi connectivity index (χ2n) is 11.3. The van der Waals surface area contributed by atoms with Crippen LogP contribution in [0.3, 0.4) is 0 Å². The molecule has 0 unspecified atom stereocenters. The van der Waals surface area contributed by atoms with Gasteiger partial charge in [0.25, 0.3) is 0 Å². The van der Waals surface area contributed by atoms with Crippen LogP contribution in [0.4, 0.5) is 17.1 Å². The zero-order chi connectivity index (χ0) is 29.5. The molecule has 8 aromatic rings. The van der Waals surface area contributed by atoms with E-state index in [1.165, 1.54) is 38.2 Å². The van der Waals surface area contributed by atoms with Crippen molar-refractivity contribution in [2.45, 2.75) is 12.8 Å². The van der Waals surface area contributed by atoms with Crippen LogP contribution in [0.15, 0.2) is 163 Å². The molecule has 2 heteroatoms. The summed E-state index contributed by atoms with van der Waals surface area (Å²) in [7, 11) is 0. The number of allylic oxidation sites excluding steroid dienone is 1. The van der Waals surface area contributed by atoms with Gasteiger partial charge < -0.3 is 9.32 Å². The second kappa shape index (κ2) is 10.9. The number of para-hydroxylation sites is 1. The first kappa shape index (κ1) is 26.1. The molecule has 8 rings (SSSR count). The van der Waals surface area contributed by atoms with Crippen LogP contribution in [0.1, 0.15) is 12.0 Å². The van der Waals surface area contributed by atoms with Crippen LogP contribution in [0.5, 0.6) is 0 Å². The van der Waals surface area contributed by atoms with Gasteiger partial charge in [0.1, 0.15) is 11.2 Å². The number of nitrogens with zero attached hydrogens (tertiary/aromatic N) is 1. The summed E-state index contributed by atoms with van der Waals surface area (Å²) in [5, 5.41) is 7.19. The highest BCUT2D eigenvalue weighted by Crippen LogP contribution is 2.44. The van der Waals surface area contributed by atoms with Crippen LogP contribution in [-0.2, 0) is 6.42 Å². The monoisotopic (exact) mass is 565 g/mol. The number of rotatable bonds is 7. The van der Waals surface area contributed by atoms with Gasteiger partial charge >= 0.3 is 0 Å². The summed E-state index contributed by atoms with van der Waals surface area (Å²) >= 11 is 0. The highest BCUT2D eigenvalue weighted by Gasteiger charge is 2.20. The largest absolute Gasteiger partial charge is 0.456 e. The third kappa shape index (κ3) is 4.44. The minimum atomic E-state index is 0.882. The quantitative estimate of drug-likeness (QED) is 0.141. The summed E-state index contributed by atoms with van der Waals surface area (Å²) < 4.78 is 6.59. The van der Waals surface area contributed by atoms with Gasteiger partial charge in [0.2, 0.25) is 0 Å². The van der Waals surface area contributed by atoms with E-state index in [4.69, 9.17) is 4.42 Å². The number of anilines is 3. The van der Waals surface area contributed by atoms with Crippen molar-refractivity contribution in [3.63, 3.8) is 0 Å². The molecule has 1 aromatic heterocycles. The van der Waals surface area contributed by atoms with E-state index < -0.39 is 0 Å². The first-order valence-corrected chi connectivity index (χ1v) is 15.2. The zero-order valence-corrected chi connectivity index (χ0v) is 24.4. The molecule has 0 aliphatic carbocycles. The topological polar surface area (TPSA) is 16.4 Å². The predicted octanol–water partition coefficient (Wildman–Crippen LogP) is 12.1. The maximum absolute atomic E-state index is 6.59. The lowest BCUT2D eigenvalue weighted by Gasteiger charge is -2.27. The van der Waals surface area contributed by atoms with Crippen molar-refractivity contribution < 1.29 is 4.42 Å². The van der Waals surface area contributed by atoms with Crippen molar-refractivity contribution in [1.29, 1.82) is 0 Å². The van der Waals surface area contributed by atoms with Crippen molar-refractivity contribution in [3.05, 3.63) is 164 Å².